The van der Waals surface area contributed by atoms with Gasteiger partial charge in [-0.05, 0) is 25.3 Å². The first-order valence-electron chi connectivity index (χ1n) is 3.20. The van der Waals surface area contributed by atoms with Crippen molar-refractivity contribution in [2.45, 2.75) is 19.8 Å². The highest BCUT2D eigenvalue weighted by atomic mass is 16.5. The lowest BCUT2D eigenvalue weighted by atomic mass is 10.3. The molecule has 0 atom stereocenters. The van der Waals surface area contributed by atoms with Crippen LogP contribution in [0.5, 0.6) is 0 Å². The molecular formula is C7H11NO2. The first-order valence-corrected chi connectivity index (χ1v) is 3.20. The summed E-state index contributed by atoms with van der Waals surface area (Å²) in [6.45, 7) is 2.19. The molecule has 0 aliphatic rings. The van der Waals surface area contributed by atoms with Crippen LogP contribution in [-0.4, -0.2) is 18.4 Å². The normalized spacial score (nSPS) is 8.10. The fraction of sp³-hybridized carbons (Fsp3) is 0.571. The highest BCUT2D eigenvalue weighted by molar-refractivity contribution is 5.69. The predicted molar refractivity (Wildman–Crippen MR) is 38.2 cm³/mol. The Bertz CT molecular complexity index is 148. The van der Waals surface area contributed by atoms with Gasteiger partial charge in [0.05, 0.1) is 6.61 Å². The molecule has 0 amide bonds. The zero-order valence-corrected chi connectivity index (χ0v) is 6.02. The minimum atomic E-state index is -0.214. The van der Waals surface area contributed by atoms with Crippen molar-refractivity contribution >= 4 is 11.8 Å². The molecule has 0 unspecified atom stereocenters. The third-order valence-electron chi connectivity index (χ3n) is 0.900. The van der Waals surface area contributed by atoms with Gasteiger partial charge < -0.3 is 4.74 Å². The maximum Gasteiger partial charge on any atom is 0.306 e. The highest BCUT2D eigenvalue weighted by Crippen LogP contribution is 1.91. The van der Waals surface area contributed by atoms with E-state index in [9.17, 15) is 4.79 Å². The Morgan fingerprint density at radius 2 is 2.50 bits per heavy atom. The summed E-state index contributed by atoms with van der Waals surface area (Å²) >= 11 is 0. The lowest BCUT2D eigenvalue weighted by Gasteiger charge is -1.96. The maximum atomic E-state index is 10.6. The second kappa shape index (κ2) is 6.05. The molecule has 3 heteroatoms. The Kier molecular flexibility index (Phi) is 5.39. The molecule has 0 aromatic carbocycles. The summed E-state index contributed by atoms with van der Waals surface area (Å²) in [7, 11) is 0. The minimum absolute atomic E-state index is 0.214. The largest absolute Gasteiger partial charge is 0.466 e. The van der Waals surface area contributed by atoms with Crippen LogP contribution in [0.4, 0.5) is 0 Å². The topological polar surface area (TPSA) is 50.2 Å². The highest BCUT2D eigenvalue weighted by Gasteiger charge is 1.96. The van der Waals surface area contributed by atoms with E-state index in [1.54, 1.807) is 6.92 Å². The van der Waals surface area contributed by atoms with Crippen molar-refractivity contribution in [3.05, 3.63) is 6.08 Å². The number of hydrogen-bond donors (Lipinski definition) is 1. The van der Waals surface area contributed by atoms with E-state index in [4.69, 9.17) is 5.41 Å². The molecule has 0 aliphatic carbocycles. The van der Waals surface area contributed by atoms with Crippen LogP contribution in [0.15, 0.2) is 6.08 Å². The van der Waals surface area contributed by atoms with Crippen molar-refractivity contribution in [1.29, 1.82) is 5.41 Å². The van der Waals surface area contributed by atoms with Crippen LogP contribution in [-0.2, 0) is 9.53 Å². The summed E-state index contributed by atoms with van der Waals surface area (Å²) < 4.78 is 4.64. The third-order valence-corrected chi connectivity index (χ3v) is 0.900. The molecule has 0 rings (SSSR count). The monoisotopic (exact) mass is 141 g/mol. The summed E-state index contributed by atoms with van der Waals surface area (Å²) in [5.74, 6) is 1.87. The Balaban J connectivity index is 3.30. The second-order valence-corrected chi connectivity index (χ2v) is 1.69. The van der Waals surface area contributed by atoms with E-state index in [1.165, 1.54) is 6.08 Å². The van der Waals surface area contributed by atoms with Crippen molar-refractivity contribution in [3.8, 4) is 0 Å². The quantitative estimate of drug-likeness (QED) is 0.471. The second-order valence-electron chi connectivity index (χ2n) is 1.69. The molecule has 0 radical (unpaired) electrons. The summed E-state index contributed by atoms with van der Waals surface area (Å²) in [5, 5.41) is 6.49. The smallest absolute Gasteiger partial charge is 0.306 e. The van der Waals surface area contributed by atoms with Crippen LogP contribution >= 0.6 is 0 Å². The van der Waals surface area contributed by atoms with E-state index in [1.807, 2.05) is 0 Å². The molecule has 0 fully saturated rings. The molecule has 1 N–H and O–H groups in total. The molecule has 0 heterocycles. The molecule has 56 valence electrons. The number of carbonyl (C=O) groups is 1. The van der Waals surface area contributed by atoms with Gasteiger partial charge in [0.2, 0.25) is 0 Å². The Labute approximate surface area is 60.2 Å². The molecule has 0 saturated carbocycles. The van der Waals surface area contributed by atoms with Gasteiger partial charge in [0.25, 0.3) is 0 Å². The molecule has 0 aliphatic heterocycles. The first kappa shape index (κ1) is 8.92. The van der Waals surface area contributed by atoms with Gasteiger partial charge in [0.1, 0.15) is 0 Å². The zero-order valence-electron chi connectivity index (χ0n) is 6.02. The van der Waals surface area contributed by atoms with Crippen LogP contribution in [0.1, 0.15) is 19.8 Å². The Morgan fingerprint density at radius 1 is 1.80 bits per heavy atom. The van der Waals surface area contributed by atoms with E-state index in [0.717, 1.165) is 0 Å². The maximum absolute atomic E-state index is 10.6. The number of allylic oxidation sites excluding steroid dienone is 1. The summed E-state index contributed by atoms with van der Waals surface area (Å²) in [6, 6.07) is 0. The number of carbonyl (C=O) groups excluding carboxylic acids is 1. The SMILES string of the molecule is CCOC(=O)CCC=C=N. The molecule has 0 aromatic heterocycles. The van der Waals surface area contributed by atoms with Crippen LogP contribution in [0, 0.1) is 5.41 Å². The van der Waals surface area contributed by atoms with Gasteiger partial charge in [-0.3, -0.25) is 10.2 Å². The Hall–Kier alpha value is -1.08. The van der Waals surface area contributed by atoms with Gasteiger partial charge >= 0.3 is 5.97 Å². The number of esters is 1. The fourth-order valence-corrected chi connectivity index (χ4v) is 0.495. The van der Waals surface area contributed by atoms with E-state index >= 15 is 0 Å². The Morgan fingerprint density at radius 3 is 3.00 bits per heavy atom. The van der Waals surface area contributed by atoms with E-state index in [2.05, 4.69) is 10.6 Å². The lowest BCUT2D eigenvalue weighted by Crippen LogP contribution is -2.02. The van der Waals surface area contributed by atoms with Crippen LogP contribution in [0.25, 0.3) is 0 Å². The molecular weight excluding hydrogens is 130 g/mol. The van der Waals surface area contributed by atoms with Gasteiger partial charge in [-0.15, -0.1) is 0 Å². The number of ether oxygens (including phenoxy) is 1. The average Bonchev–Trinajstić information content (AvgIpc) is 1.89. The fourth-order valence-electron chi connectivity index (χ4n) is 0.495. The number of nitrogens with one attached hydrogen (secondary N) is 1. The van der Waals surface area contributed by atoms with Gasteiger partial charge in [-0.1, -0.05) is 0 Å². The van der Waals surface area contributed by atoms with Gasteiger partial charge in [0.15, 0.2) is 0 Å². The summed E-state index contributed by atoms with van der Waals surface area (Å²) in [5.41, 5.74) is 0. The van der Waals surface area contributed by atoms with Crippen molar-refractivity contribution in [2.24, 2.45) is 0 Å². The van der Waals surface area contributed by atoms with Crippen molar-refractivity contribution in [1.82, 2.24) is 0 Å². The van der Waals surface area contributed by atoms with E-state index < -0.39 is 0 Å². The van der Waals surface area contributed by atoms with Crippen molar-refractivity contribution in [2.75, 3.05) is 6.61 Å². The molecule has 0 bridgehead atoms. The van der Waals surface area contributed by atoms with Crippen molar-refractivity contribution < 1.29 is 9.53 Å². The number of hydrogen-bond acceptors (Lipinski definition) is 3. The van der Waals surface area contributed by atoms with Crippen LogP contribution < -0.4 is 0 Å². The molecule has 0 saturated heterocycles. The van der Waals surface area contributed by atoms with Crippen LogP contribution in [0.2, 0.25) is 0 Å². The van der Waals surface area contributed by atoms with Gasteiger partial charge in [-0.25, -0.2) is 0 Å². The van der Waals surface area contributed by atoms with Crippen molar-refractivity contribution in [3.63, 3.8) is 0 Å². The average molecular weight is 141 g/mol. The van der Waals surface area contributed by atoms with Gasteiger partial charge in [0, 0.05) is 6.42 Å². The van der Waals surface area contributed by atoms with E-state index in [0.29, 0.717) is 19.4 Å². The summed E-state index contributed by atoms with van der Waals surface area (Å²) in [6.07, 6.45) is 2.39. The third kappa shape index (κ3) is 5.06. The predicted octanol–water partition coefficient (Wildman–Crippen LogP) is 1.13. The standard InChI is InChI=1S/C7H11NO2/c1-2-10-7(9)5-3-4-6-8/h4,8H,2-3,5H2,1H3. The van der Waals surface area contributed by atoms with Crippen LogP contribution in [0.3, 0.4) is 0 Å². The molecule has 0 spiro atoms. The molecule has 0 aromatic rings. The first-order chi connectivity index (χ1) is 4.81. The molecule has 3 nitrogen and oxygen atoms in total. The lowest BCUT2D eigenvalue weighted by molar-refractivity contribution is -0.142. The number of rotatable bonds is 4. The van der Waals surface area contributed by atoms with Gasteiger partial charge in [-0.2, -0.15) is 0 Å². The molecule has 10 heavy (non-hydrogen) atoms. The minimum Gasteiger partial charge on any atom is -0.466 e. The summed E-state index contributed by atoms with van der Waals surface area (Å²) in [4.78, 5) is 10.6. The zero-order chi connectivity index (χ0) is 7.82. The van der Waals surface area contributed by atoms with E-state index in [-0.39, 0.29) is 5.97 Å².